The lowest BCUT2D eigenvalue weighted by Gasteiger charge is -2.08. The second-order valence-corrected chi connectivity index (χ2v) is 5.17. The molecule has 0 atom stereocenters. The molecule has 2 nitrogen and oxygen atoms in total. The Bertz CT molecular complexity index is 399. The summed E-state index contributed by atoms with van der Waals surface area (Å²) in [6, 6.07) is 2.09. The predicted octanol–water partition coefficient (Wildman–Crippen LogP) is 4.06. The first-order chi connectivity index (χ1) is 7.75. The Hall–Kier alpha value is -0.830. The first-order valence-electron chi connectivity index (χ1n) is 5.79. The van der Waals surface area contributed by atoms with Crippen molar-refractivity contribution in [3.05, 3.63) is 33.9 Å². The molecule has 0 aromatic carbocycles. The second kappa shape index (κ2) is 5.48. The van der Waals surface area contributed by atoms with Crippen LogP contribution < -0.4 is 5.32 Å². The number of halogens is 1. The molecule has 0 bridgehead atoms. The van der Waals surface area contributed by atoms with Gasteiger partial charge in [0, 0.05) is 17.2 Å². The molecule has 0 unspecified atom stereocenters. The van der Waals surface area contributed by atoms with E-state index in [9.17, 15) is 0 Å². The first-order valence-corrected chi connectivity index (χ1v) is 6.59. The molecule has 2 rings (SSSR count). The Morgan fingerprint density at radius 3 is 3.06 bits per heavy atom. The SMILES string of the molecule is Cc1cc(Br)cnc1NCCC1=CCCC1. The molecule has 1 aromatic heterocycles. The molecular formula is C13H17BrN2. The molecule has 0 fully saturated rings. The van der Waals surface area contributed by atoms with Gasteiger partial charge in [0.25, 0.3) is 0 Å². The quantitative estimate of drug-likeness (QED) is 0.842. The molecular weight excluding hydrogens is 264 g/mol. The highest BCUT2D eigenvalue weighted by Crippen LogP contribution is 2.21. The molecule has 0 radical (unpaired) electrons. The van der Waals surface area contributed by atoms with Crippen molar-refractivity contribution < 1.29 is 0 Å². The molecule has 0 saturated heterocycles. The summed E-state index contributed by atoms with van der Waals surface area (Å²) >= 11 is 3.42. The molecule has 0 aliphatic heterocycles. The van der Waals surface area contributed by atoms with Crippen molar-refractivity contribution in [3.8, 4) is 0 Å². The van der Waals surface area contributed by atoms with Gasteiger partial charge in [0.05, 0.1) is 0 Å². The fraction of sp³-hybridized carbons (Fsp3) is 0.462. The van der Waals surface area contributed by atoms with E-state index in [4.69, 9.17) is 0 Å². The number of hydrogen-bond acceptors (Lipinski definition) is 2. The number of anilines is 1. The van der Waals surface area contributed by atoms with Gasteiger partial charge in [0.15, 0.2) is 0 Å². The lowest BCUT2D eigenvalue weighted by molar-refractivity contribution is 0.861. The Labute approximate surface area is 105 Å². The van der Waals surface area contributed by atoms with Gasteiger partial charge in [-0.15, -0.1) is 0 Å². The highest BCUT2D eigenvalue weighted by atomic mass is 79.9. The van der Waals surface area contributed by atoms with Crippen molar-refractivity contribution in [2.24, 2.45) is 0 Å². The standard InChI is InChI=1S/C13H17BrN2/c1-10-8-12(14)9-16-13(10)15-7-6-11-4-2-3-5-11/h4,8-9H,2-3,5-7H2,1H3,(H,15,16). The number of aromatic nitrogens is 1. The Morgan fingerprint density at radius 2 is 2.38 bits per heavy atom. The van der Waals surface area contributed by atoms with Crippen molar-refractivity contribution in [2.75, 3.05) is 11.9 Å². The van der Waals surface area contributed by atoms with Gasteiger partial charge in [-0.2, -0.15) is 0 Å². The topological polar surface area (TPSA) is 24.9 Å². The van der Waals surface area contributed by atoms with Crippen molar-refractivity contribution in [1.82, 2.24) is 4.98 Å². The van der Waals surface area contributed by atoms with E-state index in [-0.39, 0.29) is 0 Å². The molecule has 86 valence electrons. The first kappa shape index (κ1) is 11.6. The number of allylic oxidation sites excluding steroid dienone is 1. The van der Waals surface area contributed by atoms with E-state index in [1.807, 2.05) is 6.20 Å². The summed E-state index contributed by atoms with van der Waals surface area (Å²) in [6.45, 7) is 3.07. The molecule has 1 aromatic rings. The van der Waals surface area contributed by atoms with Crippen molar-refractivity contribution in [2.45, 2.75) is 32.6 Å². The van der Waals surface area contributed by atoms with Gasteiger partial charge in [-0.05, 0) is 60.2 Å². The van der Waals surface area contributed by atoms with Crippen LogP contribution in [-0.2, 0) is 0 Å². The van der Waals surface area contributed by atoms with Crippen molar-refractivity contribution >= 4 is 21.7 Å². The average Bonchev–Trinajstić information content (AvgIpc) is 2.74. The molecule has 1 aliphatic carbocycles. The zero-order chi connectivity index (χ0) is 11.4. The maximum atomic E-state index is 4.36. The van der Waals surface area contributed by atoms with Crippen LogP contribution in [0.15, 0.2) is 28.4 Å². The lowest BCUT2D eigenvalue weighted by atomic mass is 10.1. The molecule has 1 aliphatic rings. The van der Waals surface area contributed by atoms with Gasteiger partial charge < -0.3 is 5.32 Å². The van der Waals surface area contributed by atoms with E-state index in [1.54, 1.807) is 5.57 Å². The van der Waals surface area contributed by atoms with Gasteiger partial charge in [-0.3, -0.25) is 0 Å². The van der Waals surface area contributed by atoms with E-state index in [0.29, 0.717) is 0 Å². The Kier molecular flexibility index (Phi) is 3.99. The molecule has 1 heterocycles. The van der Waals surface area contributed by atoms with Gasteiger partial charge in [-0.25, -0.2) is 4.98 Å². The number of pyridine rings is 1. The highest BCUT2D eigenvalue weighted by molar-refractivity contribution is 9.10. The minimum absolute atomic E-state index is 0.987. The summed E-state index contributed by atoms with van der Waals surface area (Å²) < 4.78 is 1.04. The summed E-state index contributed by atoms with van der Waals surface area (Å²) in [6.07, 6.45) is 9.26. The molecule has 0 saturated carbocycles. The van der Waals surface area contributed by atoms with Crippen molar-refractivity contribution in [3.63, 3.8) is 0 Å². The minimum atomic E-state index is 0.987. The third-order valence-electron chi connectivity index (χ3n) is 2.92. The van der Waals surface area contributed by atoms with Crippen LogP contribution in [0.2, 0.25) is 0 Å². The second-order valence-electron chi connectivity index (χ2n) is 4.25. The molecule has 3 heteroatoms. The third-order valence-corrected chi connectivity index (χ3v) is 3.35. The van der Waals surface area contributed by atoms with E-state index in [2.05, 4.69) is 45.3 Å². The van der Waals surface area contributed by atoms with Gasteiger partial charge in [0.1, 0.15) is 5.82 Å². The zero-order valence-corrected chi connectivity index (χ0v) is 11.2. The van der Waals surface area contributed by atoms with Gasteiger partial charge in [0.2, 0.25) is 0 Å². The van der Waals surface area contributed by atoms with Crippen LogP contribution in [0.4, 0.5) is 5.82 Å². The minimum Gasteiger partial charge on any atom is -0.370 e. The normalized spacial score (nSPS) is 15.0. The van der Waals surface area contributed by atoms with E-state index < -0.39 is 0 Å². The monoisotopic (exact) mass is 280 g/mol. The summed E-state index contributed by atoms with van der Waals surface area (Å²) in [7, 11) is 0. The van der Waals surface area contributed by atoms with E-state index in [0.717, 1.165) is 23.3 Å². The maximum Gasteiger partial charge on any atom is 0.128 e. The number of hydrogen-bond donors (Lipinski definition) is 1. The van der Waals surface area contributed by atoms with Crippen molar-refractivity contribution in [1.29, 1.82) is 0 Å². The number of aryl methyl sites for hydroxylation is 1. The van der Waals surface area contributed by atoms with Crippen LogP contribution in [0, 0.1) is 6.92 Å². The van der Waals surface area contributed by atoms with E-state index >= 15 is 0 Å². The smallest absolute Gasteiger partial charge is 0.128 e. The number of nitrogens with zero attached hydrogens (tertiary/aromatic N) is 1. The number of nitrogens with one attached hydrogen (secondary N) is 1. The van der Waals surface area contributed by atoms with Crippen LogP contribution >= 0.6 is 15.9 Å². The van der Waals surface area contributed by atoms with Crippen LogP contribution in [0.5, 0.6) is 0 Å². The van der Waals surface area contributed by atoms with Gasteiger partial charge >= 0.3 is 0 Å². The number of rotatable bonds is 4. The summed E-state index contributed by atoms with van der Waals surface area (Å²) in [5, 5.41) is 3.39. The predicted molar refractivity (Wildman–Crippen MR) is 71.7 cm³/mol. The van der Waals surface area contributed by atoms with Gasteiger partial charge in [-0.1, -0.05) is 11.6 Å². The summed E-state index contributed by atoms with van der Waals surface area (Å²) in [5.74, 6) is 1.00. The van der Waals surface area contributed by atoms with Crippen LogP contribution in [0.25, 0.3) is 0 Å². The fourth-order valence-corrected chi connectivity index (χ4v) is 2.48. The van der Waals surface area contributed by atoms with Crippen LogP contribution in [0.1, 0.15) is 31.2 Å². The Morgan fingerprint density at radius 1 is 1.50 bits per heavy atom. The summed E-state index contributed by atoms with van der Waals surface area (Å²) in [4.78, 5) is 4.36. The Balaban J connectivity index is 1.84. The molecule has 0 amide bonds. The molecule has 0 spiro atoms. The molecule has 16 heavy (non-hydrogen) atoms. The lowest BCUT2D eigenvalue weighted by Crippen LogP contribution is -2.05. The maximum absolute atomic E-state index is 4.36. The summed E-state index contributed by atoms with van der Waals surface area (Å²) in [5.41, 5.74) is 2.79. The average molecular weight is 281 g/mol. The van der Waals surface area contributed by atoms with Crippen LogP contribution in [-0.4, -0.2) is 11.5 Å². The fourth-order valence-electron chi connectivity index (χ4n) is 2.03. The van der Waals surface area contributed by atoms with E-state index in [1.165, 1.54) is 24.8 Å². The zero-order valence-electron chi connectivity index (χ0n) is 9.59. The third kappa shape index (κ3) is 3.08. The molecule has 1 N–H and O–H groups in total. The largest absolute Gasteiger partial charge is 0.370 e. The van der Waals surface area contributed by atoms with Crippen LogP contribution in [0.3, 0.4) is 0 Å². The highest BCUT2D eigenvalue weighted by Gasteiger charge is 2.04.